The average molecular weight is 597 g/mol. The highest BCUT2D eigenvalue weighted by Gasteiger charge is 2.48. The summed E-state index contributed by atoms with van der Waals surface area (Å²) in [7, 11) is 0. The van der Waals surface area contributed by atoms with E-state index in [4.69, 9.17) is 11.3 Å². The van der Waals surface area contributed by atoms with Crippen molar-refractivity contribution >= 4 is 32.3 Å². The first-order chi connectivity index (χ1) is 22.6. The Kier molecular flexibility index (Phi) is 5.47. The highest BCUT2D eigenvalue weighted by molar-refractivity contribution is 7.17. The van der Waals surface area contributed by atoms with Gasteiger partial charge in [-0.05, 0) is 80.4 Å². The number of benzene rings is 5. The minimum atomic E-state index is -0.795. The van der Waals surface area contributed by atoms with E-state index in [1.54, 1.807) is 23.7 Å². The molecule has 5 heteroatoms. The zero-order chi connectivity index (χ0) is 30.8. The van der Waals surface area contributed by atoms with E-state index in [-0.39, 0.29) is 5.75 Å². The molecule has 45 heavy (non-hydrogen) atoms. The maximum Gasteiger partial charge on any atom is 0.124 e. The van der Waals surface area contributed by atoms with Crippen molar-refractivity contribution in [3.63, 3.8) is 0 Å². The summed E-state index contributed by atoms with van der Waals surface area (Å²) in [5.41, 5.74) is 9.79. The van der Waals surface area contributed by atoms with Gasteiger partial charge in [0.15, 0.2) is 0 Å². The van der Waals surface area contributed by atoms with Crippen molar-refractivity contribution < 1.29 is 6.48 Å². The highest BCUT2D eigenvalue weighted by atomic mass is 32.1. The normalized spacial score (nSPS) is 15.6. The van der Waals surface area contributed by atoms with Crippen LogP contribution in [0.5, 0.6) is 5.75 Å². The Balaban J connectivity index is 1.40. The number of rotatable bonds is 4. The Hall–Kier alpha value is -5.65. The van der Waals surface area contributed by atoms with E-state index in [2.05, 4.69) is 83.2 Å². The molecule has 9 rings (SSSR count). The second kappa shape index (κ2) is 9.94. The average Bonchev–Trinajstić information content (AvgIpc) is 3.70. The monoisotopic (exact) mass is 596 g/mol. The zero-order valence-corrected chi connectivity index (χ0v) is 24.8. The van der Waals surface area contributed by atoms with Gasteiger partial charge < -0.3 is 5.11 Å². The van der Waals surface area contributed by atoms with Crippen molar-refractivity contribution in [2.75, 3.05) is 0 Å². The summed E-state index contributed by atoms with van der Waals surface area (Å²) in [6.45, 7) is 0. The summed E-state index contributed by atoms with van der Waals surface area (Å²) in [6, 6.07) is 43.3. The van der Waals surface area contributed by atoms with Gasteiger partial charge in [0, 0.05) is 11.1 Å². The van der Waals surface area contributed by atoms with Gasteiger partial charge in [0.05, 0.1) is 34.1 Å². The number of thiophene rings is 1. The fourth-order valence-corrected chi connectivity index (χ4v) is 7.95. The van der Waals surface area contributed by atoms with Gasteiger partial charge in [-0.1, -0.05) is 97.0 Å². The lowest BCUT2D eigenvalue weighted by atomic mass is 9.69. The summed E-state index contributed by atoms with van der Waals surface area (Å²) in [5, 5.41) is 14.8. The van der Waals surface area contributed by atoms with Gasteiger partial charge in [0.25, 0.3) is 0 Å². The summed E-state index contributed by atoms with van der Waals surface area (Å²) >= 11 is 1.64. The first-order valence-electron chi connectivity index (χ1n) is 15.3. The maximum absolute atomic E-state index is 10.8. The molecule has 0 saturated carbocycles. The van der Waals surface area contributed by atoms with E-state index in [0.717, 1.165) is 65.8 Å². The van der Waals surface area contributed by atoms with Crippen LogP contribution < -0.4 is 0 Å². The molecule has 4 nitrogen and oxygen atoms in total. The molecule has 8 aromatic rings. The lowest BCUT2D eigenvalue weighted by Crippen LogP contribution is -2.30. The summed E-state index contributed by atoms with van der Waals surface area (Å²) in [6.07, 6.45) is 1.63. The molecule has 1 unspecified atom stereocenters. The Morgan fingerprint density at radius 1 is 0.711 bits per heavy atom. The number of hydrogen-bond donors (Lipinski definition) is 1. The van der Waals surface area contributed by atoms with Crippen LogP contribution in [0.2, 0.25) is 0 Å². The molecule has 0 aliphatic heterocycles. The molecule has 5 aromatic carbocycles. The first-order valence-corrected chi connectivity index (χ1v) is 15.7. The van der Waals surface area contributed by atoms with Gasteiger partial charge in [-0.2, -0.15) is 0 Å². The van der Waals surface area contributed by atoms with Gasteiger partial charge >= 0.3 is 0 Å². The SMILES string of the molecule is [2H]c1cccc2c3c(ccc12)C(c1cccc(-c2ncnc4ccsc24)c1)(c1cccc(-c2ccccc2O)n1)c1ccccc1-3. The lowest BCUT2D eigenvalue weighted by Gasteiger charge is -2.33. The molecule has 0 amide bonds. The van der Waals surface area contributed by atoms with Crippen molar-refractivity contribution in [2.24, 2.45) is 0 Å². The lowest BCUT2D eigenvalue weighted by molar-refractivity contribution is 0.477. The number of aromatic hydroxyl groups is 1. The van der Waals surface area contributed by atoms with Crippen LogP contribution >= 0.6 is 11.3 Å². The molecule has 1 aliphatic rings. The number of para-hydroxylation sites is 1. The number of phenolic OH excluding ortho intramolecular Hbond substituents is 1. The third-order valence-electron chi connectivity index (χ3n) is 8.97. The van der Waals surface area contributed by atoms with Crippen molar-refractivity contribution in [1.82, 2.24) is 15.0 Å². The van der Waals surface area contributed by atoms with Crippen molar-refractivity contribution in [3.8, 4) is 39.4 Å². The molecule has 212 valence electrons. The standard InChI is InChI=1S/C40H25N3OS/c44-35-17-6-4-14-30(35)33-16-8-18-36(43-33)40(27-11-7-10-26(23-27)38-39-34(21-22-45-39)41-24-42-38)31-15-5-3-13-29(31)37-28-12-2-1-9-25(28)19-20-32(37)40/h1-24,44H/i9D. The van der Waals surface area contributed by atoms with E-state index < -0.39 is 5.41 Å². The smallest absolute Gasteiger partial charge is 0.124 e. The molecule has 1 aliphatic carbocycles. The summed E-state index contributed by atoms with van der Waals surface area (Å²) in [4.78, 5) is 14.6. The highest BCUT2D eigenvalue weighted by Crippen LogP contribution is 2.57. The van der Waals surface area contributed by atoms with Crippen LogP contribution in [0.1, 0.15) is 23.8 Å². The van der Waals surface area contributed by atoms with Crippen molar-refractivity contribution in [1.29, 1.82) is 0 Å². The molecular formula is C40H25N3OS. The fraction of sp³-hybridized carbons (Fsp3) is 0.0250. The van der Waals surface area contributed by atoms with Gasteiger partial charge in [-0.15, -0.1) is 11.3 Å². The third-order valence-corrected chi connectivity index (χ3v) is 9.88. The summed E-state index contributed by atoms with van der Waals surface area (Å²) < 4.78 is 9.76. The van der Waals surface area contributed by atoms with Crippen molar-refractivity contribution in [3.05, 3.63) is 168 Å². The molecule has 3 aromatic heterocycles. The number of hydrogen-bond acceptors (Lipinski definition) is 5. The van der Waals surface area contributed by atoms with Crippen LogP contribution in [-0.4, -0.2) is 20.1 Å². The van der Waals surface area contributed by atoms with E-state index in [1.807, 2.05) is 48.5 Å². The second-order valence-corrected chi connectivity index (χ2v) is 12.2. The Morgan fingerprint density at radius 3 is 2.49 bits per heavy atom. The van der Waals surface area contributed by atoms with E-state index >= 15 is 0 Å². The Labute approximate surface area is 265 Å². The van der Waals surface area contributed by atoms with Crippen LogP contribution in [0.4, 0.5) is 0 Å². The van der Waals surface area contributed by atoms with Crippen LogP contribution in [-0.2, 0) is 5.41 Å². The predicted molar refractivity (Wildman–Crippen MR) is 183 cm³/mol. The molecule has 0 bridgehead atoms. The Morgan fingerprint density at radius 2 is 1.56 bits per heavy atom. The van der Waals surface area contributed by atoms with Crippen LogP contribution in [0.15, 0.2) is 145 Å². The number of fused-ring (bicyclic) bond motifs is 6. The van der Waals surface area contributed by atoms with Crippen molar-refractivity contribution in [2.45, 2.75) is 5.41 Å². The largest absolute Gasteiger partial charge is 0.507 e. The zero-order valence-electron chi connectivity index (χ0n) is 25.0. The van der Waals surface area contributed by atoms with Gasteiger partial charge in [-0.3, -0.25) is 4.98 Å². The molecule has 3 heterocycles. The predicted octanol–water partition coefficient (Wildman–Crippen LogP) is 9.64. The minimum Gasteiger partial charge on any atom is -0.507 e. The molecule has 1 atom stereocenters. The molecular weight excluding hydrogens is 571 g/mol. The minimum absolute atomic E-state index is 0.188. The van der Waals surface area contributed by atoms with Crippen LogP contribution in [0, 0.1) is 0 Å². The fourth-order valence-electron chi connectivity index (χ4n) is 7.09. The topological polar surface area (TPSA) is 58.9 Å². The van der Waals surface area contributed by atoms with Gasteiger partial charge in [0.2, 0.25) is 0 Å². The molecule has 0 spiro atoms. The first kappa shape index (κ1) is 24.8. The quantitative estimate of drug-likeness (QED) is 0.220. The molecule has 0 radical (unpaired) electrons. The number of aromatic nitrogens is 3. The Bertz CT molecular complexity index is 2490. The van der Waals surface area contributed by atoms with E-state index in [9.17, 15) is 5.11 Å². The third kappa shape index (κ3) is 3.74. The summed E-state index contributed by atoms with van der Waals surface area (Å²) in [5.74, 6) is 0.188. The van der Waals surface area contributed by atoms with Crippen LogP contribution in [0.25, 0.3) is 54.6 Å². The molecule has 0 saturated heterocycles. The second-order valence-electron chi connectivity index (χ2n) is 11.3. The number of pyridine rings is 1. The maximum atomic E-state index is 10.8. The van der Waals surface area contributed by atoms with Crippen LogP contribution in [0.3, 0.4) is 0 Å². The molecule has 0 fully saturated rings. The van der Waals surface area contributed by atoms with Gasteiger partial charge in [0.1, 0.15) is 12.1 Å². The van der Waals surface area contributed by atoms with E-state index in [1.165, 1.54) is 0 Å². The van der Waals surface area contributed by atoms with Gasteiger partial charge in [-0.25, -0.2) is 9.97 Å². The number of nitrogens with zero attached hydrogens (tertiary/aromatic N) is 3. The molecule has 1 N–H and O–H groups in total. The van der Waals surface area contributed by atoms with E-state index in [0.29, 0.717) is 17.3 Å². The number of phenols is 1.